The van der Waals surface area contributed by atoms with Crippen LogP contribution in [-0.2, 0) is 10.0 Å². The van der Waals surface area contributed by atoms with E-state index in [2.05, 4.69) is 10.0 Å². The summed E-state index contributed by atoms with van der Waals surface area (Å²) >= 11 is 0. The summed E-state index contributed by atoms with van der Waals surface area (Å²) in [6, 6.07) is 6.12. The Bertz CT molecular complexity index is 535. The average molecular weight is 318 g/mol. The van der Waals surface area contributed by atoms with Gasteiger partial charge in [0.25, 0.3) is 0 Å². The second-order valence-electron chi connectivity index (χ2n) is 4.77. The van der Waals surface area contributed by atoms with Crippen molar-refractivity contribution in [3.05, 3.63) is 24.3 Å². The molecule has 0 saturated carbocycles. The third-order valence-corrected chi connectivity index (χ3v) is 4.55. The van der Waals surface area contributed by atoms with Crippen molar-refractivity contribution in [3.8, 4) is 0 Å². The molecule has 21 heavy (non-hydrogen) atoms. The molecule has 7 nitrogen and oxygen atoms in total. The molecular formula is C13H22N2O5S. The van der Waals surface area contributed by atoms with E-state index in [-0.39, 0.29) is 10.6 Å². The van der Waals surface area contributed by atoms with E-state index in [9.17, 15) is 23.7 Å². The highest BCUT2D eigenvalue weighted by Crippen LogP contribution is 2.24. The van der Waals surface area contributed by atoms with Gasteiger partial charge in [-0.3, -0.25) is 0 Å². The van der Waals surface area contributed by atoms with Gasteiger partial charge < -0.3 is 20.6 Å². The first kappa shape index (κ1) is 17.9. The highest BCUT2D eigenvalue weighted by molar-refractivity contribution is 7.89. The van der Waals surface area contributed by atoms with Crippen molar-refractivity contribution in [1.29, 1.82) is 0 Å². The molecule has 0 aliphatic heterocycles. The second kappa shape index (κ2) is 7.71. The Morgan fingerprint density at radius 1 is 1.10 bits per heavy atom. The van der Waals surface area contributed by atoms with Crippen LogP contribution in [0.3, 0.4) is 0 Å². The molecule has 1 rings (SSSR count). The predicted octanol–water partition coefficient (Wildman–Crippen LogP) is -0.497. The number of sulfonamides is 1. The number of hydrogen-bond donors (Lipinski definition) is 5. The lowest BCUT2D eigenvalue weighted by atomic mass is 10.0. The molecule has 0 saturated heterocycles. The number of aliphatic hydroxyl groups is 3. The number of nitrogens with one attached hydrogen (secondary N) is 2. The van der Waals surface area contributed by atoms with Gasteiger partial charge in [-0.15, -0.1) is 0 Å². The Kier molecular flexibility index (Phi) is 6.56. The first-order valence-electron chi connectivity index (χ1n) is 6.64. The third kappa shape index (κ3) is 4.39. The summed E-state index contributed by atoms with van der Waals surface area (Å²) in [7, 11) is -3.71. The maximum Gasteiger partial charge on any atom is 0.242 e. The van der Waals surface area contributed by atoms with Crippen LogP contribution in [-0.4, -0.2) is 55.6 Å². The van der Waals surface area contributed by atoms with E-state index < -0.39 is 35.4 Å². The number of rotatable bonds is 9. The number of para-hydroxylation sites is 1. The van der Waals surface area contributed by atoms with Crippen LogP contribution in [0.1, 0.15) is 13.3 Å². The molecule has 0 fully saturated rings. The van der Waals surface area contributed by atoms with E-state index in [4.69, 9.17) is 0 Å². The minimum Gasteiger partial charge on any atom is -0.394 e. The Balaban J connectivity index is 3.16. The molecule has 0 atom stereocenters. The summed E-state index contributed by atoms with van der Waals surface area (Å²) in [5.41, 5.74) is -1.19. The fraction of sp³-hybridized carbons (Fsp3) is 0.538. The highest BCUT2D eigenvalue weighted by Gasteiger charge is 2.30. The zero-order valence-electron chi connectivity index (χ0n) is 11.9. The van der Waals surface area contributed by atoms with E-state index in [0.717, 1.165) is 0 Å². The first-order valence-corrected chi connectivity index (χ1v) is 8.12. The Labute approximate surface area is 124 Å². The monoisotopic (exact) mass is 318 g/mol. The maximum absolute atomic E-state index is 12.2. The van der Waals surface area contributed by atoms with Gasteiger partial charge in [0.15, 0.2) is 0 Å². The molecule has 0 heterocycles. The van der Waals surface area contributed by atoms with Crippen molar-refractivity contribution in [3.63, 3.8) is 0 Å². The number of anilines is 1. The molecule has 0 amide bonds. The molecule has 0 unspecified atom stereocenters. The molecule has 1 aromatic carbocycles. The Hall–Kier alpha value is -1.19. The van der Waals surface area contributed by atoms with Crippen LogP contribution in [0.2, 0.25) is 0 Å². The molecular weight excluding hydrogens is 296 g/mol. The summed E-state index contributed by atoms with van der Waals surface area (Å²) < 4.78 is 26.9. The van der Waals surface area contributed by atoms with Crippen molar-refractivity contribution in [2.24, 2.45) is 0 Å². The quantitative estimate of drug-likeness (QED) is 0.419. The van der Waals surface area contributed by atoms with Crippen LogP contribution in [0, 0.1) is 0 Å². The van der Waals surface area contributed by atoms with E-state index in [1.54, 1.807) is 12.1 Å². The molecule has 0 aromatic heterocycles. The number of benzene rings is 1. The summed E-state index contributed by atoms with van der Waals surface area (Å²) in [6.07, 6.45) is 0.655. The Morgan fingerprint density at radius 3 is 2.19 bits per heavy atom. The first-order chi connectivity index (χ1) is 9.94. The smallest absolute Gasteiger partial charge is 0.242 e. The maximum atomic E-state index is 12.2. The van der Waals surface area contributed by atoms with Crippen molar-refractivity contribution in [1.82, 2.24) is 4.72 Å². The van der Waals surface area contributed by atoms with Gasteiger partial charge in [-0.2, -0.15) is 0 Å². The van der Waals surface area contributed by atoms with Crippen molar-refractivity contribution in [2.75, 3.05) is 31.7 Å². The molecule has 0 aliphatic carbocycles. The number of aliphatic hydroxyl groups excluding tert-OH is 3. The zero-order chi connectivity index (χ0) is 15.9. The lowest BCUT2D eigenvalue weighted by molar-refractivity contribution is 0.0832. The van der Waals surface area contributed by atoms with Gasteiger partial charge >= 0.3 is 0 Å². The normalized spacial score (nSPS) is 12.4. The van der Waals surface area contributed by atoms with Gasteiger partial charge in [0, 0.05) is 6.54 Å². The zero-order valence-corrected chi connectivity index (χ0v) is 12.7. The summed E-state index contributed by atoms with van der Waals surface area (Å²) in [5, 5.41) is 30.7. The summed E-state index contributed by atoms with van der Waals surface area (Å²) in [6.45, 7) is 0.521. The van der Waals surface area contributed by atoms with Crippen LogP contribution in [0.4, 0.5) is 5.69 Å². The summed E-state index contributed by atoms with van der Waals surface area (Å²) in [5.74, 6) is 0. The molecule has 0 spiro atoms. The topological polar surface area (TPSA) is 119 Å². The standard InChI is InChI=1S/C13H22N2O5S/c1-2-7-14-21(19,20)12-6-4-3-5-11(12)15-13(8-16,9-17)10-18/h3-6,14-18H,2,7-10H2,1H3. The fourth-order valence-corrected chi connectivity index (χ4v) is 2.97. The van der Waals surface area contributed by atoms with Gasteiger partial charge in [0.1, 0.15) is 10.4 Å². The third-order valence-electron chi connectivity index (χ3n) is 3.03. The van der Waals surface area contributed by atoms with Crippen molar-refractivity contribution in [2.45, 2.75) is 23.8 Å². The SMILES string of the molecule is CCCNS(=O)(=O)c1ccccc1NC(CO)(CO)CO. The number of hydrogen-bond acceptors (Lipinski definition) is 6. The van der Waals surface area contributed by atoms with Crippen LogP contribution in [0.15, 0.2) is 29.2 Å². The van der Waals surface area contributed by atoms with Gasteiger partial charge in [-0.25, -0.2) is 13.1 Å². The predicted molar refractivity (Wildman–Crippen MR) is 79.5 cm³/mol. The fourth-order valence-electron chi connectivity index (χ4n) is 1.67. The van der Waals surface area contributed by atoms with Gasteiger partial charge in [-0.05, 0) is 18.6 Å². The van der Waals surface area contributed by atoms with Gasteiger partial charge in [0.05, 0.1) is 25.5 Å². The molecule has 1 aromatic rings. The van der Waals surface area contributed by atoms with Gasteiger partial charge in [0.2, 0.25) is 10.0 Å². The molecule has 8 heteroatoms. The minimum absolute atomic E-state index is 0.00169. The van der Waals surface area contributed by atoms with Crippen molar-refractivity contribution >= 4 is 15.7 Å². The molecule has 120 valence electrons. The van der Waals surface area contributed by atoms with Gasteiger partial charge in [-0.1, -0.05) is 19.1 Å². The van der Waals surface area contributed by atoms with E-state index in [1.807, 2.05) is 6.92 Å². The Morgan fingerprint density at radius 2 is 1.67 bits per heavy atom. The van der Waals surface area contributed by atoms with Crippen LogP contribution >= 0.6 is 0 Å². The minimum atomic E-state index is -3.71. The van der Waals surface area contributed by atoms with Crippen molar-refractivity contribution < 1.29 is 23.7 Å². The summed E-state index contributed by atoms with van der Waals surface area (Å²) in [4.78, 5) is -0.00169. The highest BCUT2D eigenvalue weighted by atomic mass is 32.2. The van der Waals surface area contributed by atoms with E-state index in [1.165, 1.54) is 12.1 Å². The molecule has 0 radical (unpaired) electrons. The average Bonchev–Trinajstić information content (AvgIpc) is 2.51. The van der Waals surface area contributed by atoms with Crippen LogP contribution in [0.25, 0.3) is 0 Å². The second-order valence-corrected chi connectivity index (χ2v) is 6.51. The lowest BCUT2D eigenvalue weighted by Crippen LogP contribution is -2.49. The van der Waals surface area contributed by atoms with E-state index in [0.29, 0.717) is 13.0 Å². The largest absolute Gasteiger partial charge is 0.394 e. The van der Waals surface area contributed by atoms with Crippen LogP contribution in [0.5, 0.6) is 0 Å². The molecule has 0 aliphatic rings. The van der Waals surface area contributed by atoms with Crippen LogP contribution < -0.4 is 10.0 Å². The van der Waals surface area contributed by atoms with E-state index >= 15 is 0 Å². The lowest BCUT2D eigenvalue weighted by Gasteiger charge is -2.30. The molecule has 5 N–H and O–H groups in total. The molecule has 0 bridgehead atoms.